The number of hydrogen-bond donors (Lipinski definition) is 1. The van der Waals surface area contributed by atoms with Crippen LogP contribution in [0.2, 0.25) is 0 Å². The van der Waals surface area contributed by atoms with Gasteiger partial charge in [0, 0.05) is 29.4 Å². The third-order valence-electron chi connectivity index (χ3n) is 5.21. The van der Waals surface area contributed by atoms with E-state index in [-0.39, 0.29) is 17.9 Å². The van der Waals surface area contributed by atoms with Crippen molar-refractivity contribution < 1.29 is 9.59 Å². The Morgan fingerprint density at radius 1 is 1.07 bits per heavy atom. The van der Waals surface area contributed by atoms with Gasteiger partial charge in [0.05, 0.1) is 22.4 Å². The number of anilines is 2. The summed E-state index contributed by atoms with van der Waals surface area (Å²) in [6.07, 6.45) is 1.42. The van der Waals surface area contributed by atoms with Crippen LogP contribution in [-0.4, -0.2) is 27.8 Å². The highest BCUT2D eigenvalue weighted by atomic mass is 16.2. The number of benzene rings is 2. The Morgan fingerprint density at radius 3 is 2.54 bits per heavy atom. The maximum atomic E-state index is 12.7. The van der Waals surface area contributed by atoms with Gasteiger partial charge in [-0.1, -0.05) is 6.07 Å². The molecule has 6 heteroatoms. The van der Waals surface area contributed by atoms with Crippen molar-refractivity contribution in [2.45, 2.75) is 39.7 Å². The second kappa shape index (κ2) is 7.03. The van der Waals surface area contributed by atoms with Gasteiger partial charge in [0.1, 0.15) is 0 Å². The predicted molar refractivity (Wildman–Crippen MR) is 110 cm³/mol. The lowest BCUT2D eigenvalue weighted by molar-refractivity contribution is -0.117. The first kappa shape index (κ1) is 18.1. The third-order valence-corrected chi connectivity index (χ3v) is 5.21. The van der Waals surface area contributed by atoms with Crippen LogP contribution in [0.5, 0.6) is 0 Å². The molecule has 2 aromatic carbocycles. The fourth-order valence-corrected chi connectivity index (χ4v) is 3.53. The van der Waals surface area contributed by atoms with Crippen molar-refractivity contribution in [3.05, 3.63) is 59.4 Å². The number of carbonyl (C=O) groups is 2. The molecule has 1 aromatic heterocycles. The Morgan fingerprint density at radius 2 is 1.82 bits per heavy atom. The number of nitrogens with zero attached hydrogens (tertiary/aromatic N) is 3. The van der Waals surface area contributed by atoms with Gasteiger partial charge >= 0.3 is 0 Å². The molecule has 3 aromatic rings. The summed E-state index contributed by atoms with van der Waals surface area (Å²) in [5.41, 5.74) is 5.17. The Kier molecular flexibility index (Phi) is 4.55. The molecule has 1 aliphatic heterocycles. The summed E-state index contributed by atoms with van der Waals surface area (Å²) >= 11 is 0. The van der Waals surface area contributed by atoms with Crippen LogP contribution in [0.4, 0.5) is 11.4 Å². The second-order valence-corrected chi connectivity index (χ2v) is 7.25. The Balaban J connectivity index is 1.58. The summed E-state index contributed by atoms with van der Waals surface area (Å²) in [6.45, 7) is 5.86. The summed E-state index contributed by atoms with van der Waals surface area (Å²) < 4.78 is 0. The first-order valence-electron chi connectivity index (χ1n) is 9.41. The standard InChI is InChI=1S/C22H22N4O2/c1-13-7-10-21(27)26(13)18-6-4-5-17(12-18)25-22(28)16-8-9-19-20(11-16)24-15(3)14(2)23-19/h4-6,8-9,11-13H,7,10H2,1-3H3,(H,25,28). The highest BCUT2D eigenvalue weighted by molar-refractivity contribution is 6.06. The molecule has 6 nitrogen and oxygen atoms in total. The van der Waals surface area contributed by atoms with E-state index in [2.05, 4.69) is 15.3 Å². The van der Waals surface area contributed by atoms with E-state index < -0.39 is 0 Å². The van der Waals surface area contributed by atoms with Crippen molar-refractivity contribution in [3.8, 4) is 0 Å². The average Bonchev–Trinajstić information content (AvgIpc) is 3.01. The quantitative estimate of drug-likeness (QED) is 0.751. The van der Waals surface area contributed by atoms with Crippen LogP contribution < -0.4 is 10.2 Å². The van der Waals surface area contributed by atoms with Gasteiger partial charge in [-0.3, -0.25) is 9.59 Å². The number of nitrogens with one attached hydrogen (secondary N) is 1. The lowest BCUT2D eigenvalue weighted by atomic mass is 10.1. The monoisotopic (exact) mass is 374 g/mol. The van der Waals surface area contributed by atoms with Gasteiger partial charge in [0.25, 0.3) is 5.91 Å². The van der Waals surface area contributed by atoms with Crippen LogP contribution in [0.15, 0.2) is 42.5 Å². The molecular weight excluding hydrogens is 352 g/mol. The minimum absolute atomic E-state index is 0.120. The van der Waals surface area contributed by atoms with Crippen molar-refractivity contribution in [1.29, 1.82) is 0 Å². The first-order valence-corrected chi connectivity index (χ1v) is 9.41. The van der Waals surface area contributed by atoms with Crippen molar-refractivity contribution in [2.75, 3.05) is 10.2 Å². The topological polar surface area (TPSA) is 75.2 Å². The molecule has 0 aliphatic carbocycles. The van der Waals surface area contributed by atoms with E-state index in [1.807, 2.05) is 51.1 Å². The third kappa shape index (κ3) is 3.33. The van der Waals surface area contributed by atoms with Crippen LogP contribution in [0.3, 0.4) is 0 Å². The number of rotatable bonds is 3. The molecule has 1 unspecified atom stereocenters. The summed E-state index contributed by atoms with van der Waals surface area (Å²) in [5.74, 6) is -0.102. The van der Waals surface area contributed by atoms with Crippen molar-refractivity contribution in [2.24, 2.45) is 0 Å². The van der Waals surface area contributed by atoms with Crippen LogP contribution in [0.25, 0.3) is 11.0 Å². The van der Waals surface area contributed by atoms with Crippen molar-refractivity contribution >= 4 is 34.2 Å². The molecule has 1 saturated heterocycles. The second-order valence-electron chi connectivity index (χ2n) is 7.25. The van der Waals surface area contributed by atoms with Crippen molar-refractivity contribution in [3.63, 3.8) is 0 Å². The highest BCUT2D eigenvalue weighted by Gasteiger charge is 2.28. The molecule has 0 radical (unpaired) electrons. The zero-order valence-corrected chi connectivity index (χ0v) is 16.2. The molecule has 2 amide bonds. The smallest absolute Gasteiger partial charge is 0.255 e. The number of amides is 2. The SMILES string of the molecule is Cc1nc2ccc(C(=O)Nc3cccc(N4C(=O)CCC4C)c3)cc2nc1C. The molecule has 2 heterocycles. The fraction of sp³-hybridized carbons (Fsp3) is 0.273. The van der Waals surface area contributed by atoms with Crippen LogP contribution in [-0.2, 0) is 4.79 Å². The minimum atomic E-state index is -0.222. The van der Waals surface area contributed by atoms with E-state index in [1.165, 1.54) is 0 Å². The number of fused-ring (bicyclic) bond motifs is 1. The van der Waals surface area contributed by atoms with Crippen LogP contribution in [0.1, 0.15) is 41.5 Å². The zero-order chi connectivity index (χ0) is 19.8. The predicted octanol–water partition coefficient (Wildman–Crippen LogP) is 4.01. The Labute approximate surface area is 163 Å². The fourth-order valence-electron chi connectivity index (χ4n) is 3.53. The lowest BCUT2D eigenvalue weighted by Crippen LogP contribution is -2.30. The zero-order valence-electron chi connectivity index (χ0n) is 16.2. The molecule has 0 bridgehead atoms. The average molecular weight is 374 g/mol. The molecule has 1 fully saturated rings. The highest BCUT2D eigenvalue weighted by Crippen LogP contribution is 2.28. The van der Waals surface area contributed by atoms with Gasteiger partial charge in [0.2, 0.25) is 5.91 Å². The lowest BCUT2D eigenvalue weighted by Gasteiger charge is -2.22. The Hall–Kier alpha value is -3.28. The summed E-state index contributed by atoms with van der Waals surface area (Å²) in [4.78, 5) is 35.7. The van der Waals surface area contributed by atoms with Crippen LogP contribution in [0, 0.1) is 13.8 Å². The largest absolute Gasteiger partial charge is 0.322 e. The van der Waals surface area contributed by atoms with Gasteiger partial charge in [-0.15, -0.1) is 0 Å². The maximum Gasteiger partial charge on any atom is 0.255 e. The summed E-state index contributed by atoms with van der Waals surface area (Å²) in [5, 5.41) is 2.92. The normalized spacial score (nSPS) is 16.6. The number of aromatic nitrogens is 2. The number of carbonyl (C=O) groups excluding carboxylic acids is 2. The first-order chi connectivity index (χ1) is 13.4. The molecule has 1 N–H and O–H groups in total. The molecule has 0 saturated carbocycles. The van der Waals surface area contributed by atoms with Crippen molar-refractivity contribution in [1.82, 2.24) is 9.97 Å². The summed E-state index contributed by atoms with van der Waals surface area (Å²) in [7, 11) is 0. The van der Waals surface area contributed by atoms with Gasteiger partial charge in [0.15, 0.2) is 0 Å². The summed E-state index contributed by atoms with van der Waals surface area (Å²) in [6, 6.07) is 12.9. The molecule has 142 valence electrons. The van der Waals surface area contributed by atoms with E-state index in [9.17, 15) is 9.59 Å². The van der Waals surface area contributed by atoms with Gasteiger partial charge < -0.3 is 10.2 Å². The van der Waals surface area contributed by atoms with E-state index in [1.54, 1.807) is 17.0 Å². The van der Waals surface area contributed by atoms with Gasteiger partial charge in [-0.2, -0.15) is 0 Å². The van der Waals surface area contributed by atoms with E-state index in [0.29, 0.717) is 23.2 Å². The minimum Gasteiger partial charge on any atom is -0.322 e. The number of hydrogen-bond acceptors (Lipinski definition) is 4. The molecule has 0 spiro atoms. The molecule has 1 aliphatic rings. The molecular formula is C22H22N4O2. The molecule has 28 heavy (non-hydrogen) atoms. The van der Waals surface area contributed by atoms with E-state index in [4.69, 9.17) is 0 Å². The van der Waals surface area contributed by atoms with Gasteiger partial charge in [-0.25, -0.2) is 9.97 Å². The van der Waals surface area contributed by atoms with Crippen LogP contribution >= 0.6 is 0 Å². The molecule has 4 rings (SSSR count). The van der Waals surface area contributed by atoms with E-state index >= 15 is 0 Å². The molecule has 1 atom stereocenters. The van der Waals surface area contributed by atoms with E-state index in [0.717, 1.165) is 29.0 Å². The Bertz CT molecular complexity index is 1090. The number of aryl methyl sites for hydroxylation is 2. The maximum absolute atomic E-state index is 12.7. The van der Waals surface area contributed by atoms with Gasteiger partial charge in [-0.05, 0) is 63.6 Å².